The van der Waals surface area contributed by atoms with Crippen molar-refractivity contribution in [1.29, 1.82) is 0 Å². The van der Waals surface area contributed by atoms with Gasteiger partial charge in [-0.25, -0.2) is 0 Å². The molecule has 0 heterocycles. The van der Waals surface area contributed by atoms with E-state index in [0.717, 1.165) is 0 Å². The fourth-order valence-electron chi connectivity index (χ4n) is 1.45. The van der Waals surface area contributed by atoms with Crippen molar-refractivity contribution >= 4 is 11.8 Å². The van der Waals surface area contributed by atoms with Gasteiger partial charge in [-0.1, -0.05) is 6.92 Å². The van der Waals surface area contributed by atoms with Crippen LogP contribution in [0.4, 0.5) is 13.2 Å². The predicted octanol–water partition coefficient (Wildman–Crippen LogP) is 0.367. The zero-order valence-corrected chi connectivity index (χ0v) is 11.5. The third-order valence-electron chi connectivity index (χ3n) is 2.76. The van der Waals surface area contributed by atoms with Crippen molar-refractivity contribution in [1.82, 2.24) is 15.5 Å². The van der Waals surface area contributed by atoms with Gasteiger partial charge in [-0.15, -0.1) is 0 Å². The van der Waals surface area contributed by atoms with Crippen molar-refractivity contribution in [3.8, 4) is 0 Å². The fourth-order valence-corrected chi connectivity index (χ4v) is 1.45. The maximum absolute atomic E-state index is 12.0. The van der Waals surface area contributed by atoms with Gasteiger partial charge < -0.3 is 10.6 Å². The van der Waals surface area contributed by atoms with Crippen molar-refractivity contribution in [3.63, 3.8) is 0 Å². The third-order valence-corrected chi connectivity index (χ3v) is 2.76. The van der Waals surface area contributed by atoms with Gasteiger partial charge in [-0.05, 0) is 14.0 Å². The number of alkyl halides is 3. The minimum absolute atomic E-state index is 0.185. The van der Waals surface area contributed by atoms with Crippen molar-refractivity contribution in [2.45, 2.75) is 26.1 Å². The van der Waals surface area contributed by atoms with Gasteiger partial charge in [-0.3, -0.25) is 14.5 Å². The molecule has 0 aromatic rings. The molecule has 0 aliphatic heterocycles. The minimum atomic E-state index is -4.43. The molecule has 0 fully saturated rings. The number of likely N-dealkylation sites (N-methyl/N-ethyl adjacent to an activating group) is 1. The number of carbonyl (C=O) groups excluding carboxylic acids is 2. The summed E-state index contributed by atoms with van der Waals surface area (Å²) < 4.78 is 35.9. The number of hydrogen-bond acceptors (Lipinski definition) is 3. The van der Waals surface area contributed by atoms with Crippen LogP contribution in [0.5, 0.6) is 0 Å². The van der Waals surface area contributed by atoms with Crippen molar-refractivity contribution in [2.75, 3.05) is 27.2 Å². The Labute approximate surface area is 110 Å². The average Bonchev–Trinajstić information content (AvgIpc) is 2.32. The first-order valence-electron chi connectivity index (χ1n) is 5.84. The SMILES string of the molecule is CNC(=O)[C@@H](C)CN(C)[C@@H](C)C(=O)NCC(F)(F)F. The van der Waals surface area contributed by atoms with Gasteiger partial charge >= 0.3 is 6.18 Å². The largest absolute Gasteiger partial charge is 0.405 e. The normalized spacial score (nSPS) is 14.9. The maximum Gasteiger partial charge on any atom is 0.405 e. The van der Waals surface area contributed by atoms with Gasteiger partial charge in [0.25, 0.3) is 0 Å². The molecule has 0 aromatic heterocycles. The monoisotopic (exact) mass is 283 g/mol. The van der Waals surface area contributed by atoms with Crippen LogP contribution in [-0.4, -0.2) is 56.1 Å². The number of nitrogens with zero attached hydrogens (tertiary/aromatic N) is 1. The van der Waals surface area contributed by atoms with Crippen LogP contribution in [0.1, 0.15) is 13.8 Å². The van der Waals surface area contributed by atoms with Crippen LogP contribution >= 0.6 is 0 Å². The zero-order chi connectivity index (χ0) is 15.2. The van der Waals surface area contributed by atoms with Crippen molar-refractivity contribution in [2.24, 2.45) is 5.92 Å². The van der Waals surface area contributed by atoms with E-state index in [1.807, 2.05) is 5.32 Å². The lowest BCUT2D eigenvalue weighted by molar-refractivity contribution is -0.141. The third kappa shape index (κ3) is 7.00. The maximum atomic E-state index is 12.0. The standard InChI is InChI=1S/C11H20F3N3O2/c1-7(9(18)15-3)5-17(4)8(2)10(19)16-6-11(12,13)14/h7-8H,5-6H2,1-4H3,(H,15,18)(H,16,19)/t7-,8-/m0/s1. The molecule has 8 heteroatoms. The number of rotatable bonds is 6. The van der Waals surface area contributed by atoms with Crippen LogP contribution in [0.25, 0.3) is 0 Å². The van der Waals surface area contributed by atoms with E-state index in [-0.39, 0.29) is 18.4 Å². The van der Waals surface area contributed by atoms with Crippen LogP contribution in [0.2, 0.25) is 0 Å². The Kier molecular flexibility index (Phi) is 6.82. The van der Waals surface area contributed by atoms with E-state index >= 15 is 0 Å². The summed E-state index contributed by atoms with van der Waals surface area (Å²) in [7, 11) is 3.08. The van der Waals surface area contributed by atoms with Gasteiger partial charge in [0.2, 0.25) is 11.8 Å². The predicted molar refractivity (Wildman–Crippen MR) is 64.4 cm³/mol. The molecular weight excluding hydrogens is 263 g/mol. The summed E-state index contributed by atoms with van der Waals surface area (Å²) in [5, 5.41) is 4.28. The second-order valence-electron chi connectivity index (χ2n) is 4.46. The molecule has 0 unspecified atom stereocenters. The number of nitrogens with one attached hydrogen (secondary N) is 2. The number of amides is 2. The summed E-state index contributed by atoms with van der Waals surface area (Å²) in [6.07, 6.45) is -4.43. The van der Waals surface area contributed by atoms with Gasteiger partial charge in [0.1, 0.15) is 6.54 Å². The second-order valence-corrected chi connectivity index (χ2v) is 4.46. The lowest BCUT2D eigenvalue weighted by atomic mass is 10.1. The molecule has 0 spiro atoms. The molecule has 19 heavy (non-hydrogen) atoms. The lowest BCUT2D eigenvalue weighted by Gasteiger charge is -2.26. The molecule has 0 aliphatic rings. The number of hydrogen-bond donors (Lipinski definition) is 2. The lowest BCUT2D eigenvalue weighted by Crippen LogP contribution is -2.48. The first-order chi connectivity index (χ1) is 8.58. The Morgan fingerprint density at radius 3 is 2.16 bits per heavy atom. The molecule has 0 aliphatic carbocycles. The summed E-state index contributed by atoms with van der Waals surface area (Å²) in [4.78, 5) is 24.3. The highest BCUT2D eigenvalue weighted by molar-refractivity contribution is 5.81. The van der Waals surface area contributed by atoms with E-state index < -0.39 is 24.7 Å². The summed E-state index contributed by atoms with van der Waals surface area (Å²) in [6.45, 7) is 2.09. The Morgan fingerprint density at radius 1 is 1.21 bits per heavy atom. The Bertz CT molecular complexity index is 321. The summed E-state index contributed by atoms with van der Waals surface area (Å²) in [6, 6.07) is -0.741. The van der Waals surface area contributed by atoms with Gasteiger partial charge in [0.15, 0.2) is 0 Å². The minimum Gasteiger partial charge on any atom is -0.359 e. The first-order valence-corrected chi connectivity index (χ1v) is 5.84. The van der Waals surface area contributed by atoms with E-state index in [1.54, 1.807) is 14.0 Å². The molecular formula is C11H20F3N3O2. The van der Waals surface area contributed by atoms with E-state index in [1.165, 1.54) is 18.9 Å². The Balaban J connectivity index is 4.28. The summed E-state index contributed by atoms with van der Waals surface area (Å²) in [5.74, 6) is -1.26. The van der Waals surface area contributed by atoms with E-state index in [9.17, 15) is 22.8 Å². The van der Waals surface area contributed by atoms with Crippen LogP contribution in [0.3, 0.4) is 0 Å². The topological polar surface area (TPSA) is 61.4 Å². The summed E-state index contributed by atoms with van der Waals surface area (Å²) >= 11 is 0. The Hall–Kier alpha value is -1.31. The smallest absolute Gasteiger partial charge is 0.359 e. The molecule has 2 N–H and O–H groups in total. The van der Waals surface area contributed by atoms with Gasteiger partial charge in [-0.2, -0.15) is 13.2 Å². The second kappa shape index (κ2) is 7.32. The highest BCUT2D eigenvalue weighted by Gasteiger charge is 2.29. The van der Waals surface area contributed by atoms with E-state index in [2.05, 4.69) is 5.32 Å². The zero-order valence-electron chi connectivity index (χ0n) is 11.5. The van der Waals surface area contributed by atoms with E-state index in [4.69, 9.17) is 0 Å². The van der Waals surface area contributed by atoms with Crippen LogP contribution in [0, 0.1) is 5.92 Å². The van der Waals surface area contributed by atoms with Crippen LogP contribution < -0.4 is 10.6 Å². The molecule has 0 saturated carbocycles. The molecule has 5 nitrogen and oxygen atoms in total. The molecule has 0 aromatic carbocycles. The van der Waals surface area contributed by atoms with Gasteiger partial charge in [0.05, 0.1) is 6.04 Å². The molecule has 0 rings (SSSR count). The number of halogens is 3. The average molecular weight is 283 g/mol. The molecule has 0 saturated heterocycles. The van der Waals surface area contributed by atoms with Gasteiger partial charge in [0, 0.05) is 19.5 Å². The highest BCUT2D eigenvalue weighted by atomic mass is 19.4. The Morgan fingerprint density at radius 2 is 1.74 bits per heavy atom. The molecule has 0 bridgehead atoms. The fraction of sp³-hybridized carbons (Fsp3) is 0.818. The van der Waals surface area contributed by atoms with Crippen LogP contribution in [-0.2, 0) is 9.59 Å². The molecule has 0 radical (unpaired) electrons. The van der Waals surface area contributed by atoms with Crippen LogP contribution in [0.15, 0.2) is 0 Å². The summed E-state index contributed by atoms with van der Waals surface area (Å²) in [5.41, 5.74) is 0. The molecule has 2 amide bonds. The number of carbonyl (C=O) groups is 2. The molecule has 112 valence electrons. The van der Waals surface area contributed by atoms with E-state index in [0.29, 0.717) is 0 Å². The quantitative estimate of drug-likeness (QED) is 0.740. The van der Waals surface area contributed by atoms with Crippen molar-refractivity contribution in [3.05, 3.63) is 0 Å². The highest BCUT2D eigenvalue weighted by Crippen LogP contribution is 2.12. The first kappa shape index (κ1) is 17.7. The molecule has 2 atom stereocenters. The van der Waals surface area contributed by atoms with Crippen molar-refractivity contribution < 1.29 is 22.8 Å².